The minimum absolute atomic E-state index is 0.00284. The smallest absolute Gasteiger partial charge is 0.309 e. The highest BCUT2D eigenvalue weighted by atomic mass is 35.5. The molecule has 1 aliphatic carbocycles. The lowest BCUT2D eigenvalue weighted by Gasteiger charge is -2.24. The molecule has 1 aromatic carbocycles. The number of nitrogens with one attached hydrogen (secondary N) is 1. The van der Waals surface area contributed by atoms with Crippen LogP contribution in [0.1, 0.15) is 54.4 Å². The Kier molecular flexibility index (Phi) is 4.57. The van der Waals surface area contributed by atoms with Crippen LogP contribution in [0.4, 0.5) is 13.2 Å². The lowest BCUT2D eigenvalue weighted by molar-refractivity contribution is -0.819. The van der Waals surface area contributed by atoms with Gasteiger partial charge in [-0.2, -0.15) is 13.2 Å². The second-order valence-electron chi connectivity index (χ2n) is 9.31. The lowest BCUT2D eigenvalue weighted by atomic mass is 9.89. The number of nitrogens with zero attached hydrogens (tertiary/aromatic N) is 1. The van der Waals surface area contributed by atoms with Crippen LogP contribution in [0.5, 0.6) is 0 Å². The SMILES string of the molecule is O=C(c1c(Cl)cc(C(F)(F)F)cc1Cl)C1NC1CC1CCC[C@@]12C[N+]21CCCC1. The molecule has 0 bridgehead atoms. The summed E-state index contributed by atoms with van der Waals surface area (Å²) in [7, 11) is 0. The fraction of sp³-hybridized carbons (Fsp3) is 0.667. The van der Waals surface area contributed by atoms with Crippen molar-refractivity contribution in [3.8, 4) is 0 Å². The third kappa shape index (κ3) is 3.13. The van der Waals surface area contributed by atoms with E-state index in [4.69, 9.17) is 23.2 Å². The minimum atomic E-state index is -4.55. The van der Waals surface area contributed by atoms with Gasteiger partial charge in [-0.25, -0.2) is 0 Å². The average molecular weight is 448 g/mol. The molecule has 1 aromatic rings. The van der Waals surface area contributed by atoms with E-state index in [9.17, 15) is 18.0 Å². The van der Waals surface area contributed by atoms with Crippen LogP contribution >= 0.6 is 23.2 Å². The number of alkyl halides is 3. The number of hydrogen-bond donors (Lipinski definition) is 1. The molecule has 4 fully saturated rings. The molecule has 8 heteroatoms. The second-order valence-corrected chi connectivity index (χ2v) is 10.1. The van der Waals surface area contributed by atoms with Crippen molar-refractivity contribution in [2.75, 3.05) is 19.6 Å². The standard InChI is InChI=1S/C21H24Cl2F3N2O/c22-14-8-13(21(24,25)26)9-15(23)17(14)19(29)18-16(27-18)10-12-4-3-5-20(12)11-28(20)6-1-2-7-28/h8-9,12,16,18,27H,1-7,10-11H2/q+1/t12?,16?,18?,20-/m1/s1. The molecule has 4 atom stereocenters. The van der Waals surface area contributed by atoms with E-state index in [2.05, 4.69) is 5.32 Å². The molecule has 4 aliphatic rings. The minimum Gasteiger partial charge on any atom is -0.309 e. The highest BCUT2D eigenvalue weighted by molar-refractivity contribution is 6.40. The summed E-state index contributed by atoms with van der Waals surface area (Å²) in [4.78, 5) is 12.9. The second kappa shape index (κ2) is 6.59. The van der Waals surface area contributed by atoms with Crippen LogP contribution < -0.4 is 5.32 Å². The van der Waals surface area contributed by atoms with Gasteiger partial charge in [0.25, 0.3) is 0 Å². The van der Waals surface area contributed by atoms with Crippen LogP contribution in [0.25, 0.3) is 0 Å². The number of benzene rings is 1. The molecule has 3 nitrogen and oxygen atoms in total. The first-order valence-corrected chi connectivity index (χ1v) is 11.2. The summed E-state index contributed by atoms with van der Waals surface area (Å²) in [6.07, 6.45) is 2.80. The zero-order chi connectivity index (χ0) is 20.6. The van der Waals surface area contributed by atoms with Crippen LogP contribution in [-0.4, -0.2) is 47.5 Å². The fourth-order valence-electron chi connectivity index (χ4n) is 6.40. The van der Waals surface area contributed by atoms with E-state index in [-0.39, 0.29) is 27.4 Å². The quantitative estimate of drug-likeness (QED) is 0.396. The monoisotopic (exact) mass is 447 g/mol. The zero-order valence-corrected chi connectivity index (χ0v) is 17.5. The number of rotatable bonds is 4. The first-order chi connectivity index (χ1) is 13.7. The summed E-state index contributed by atoms with van der Waals surface area (Å²) < 4.78 is 40.1. The van der Waals surface area contributed by atoms with Gasteiger partial charge in [-0.1, -0.05) is 23.2 Å². The van der Waals surface area contributed by atoms with Crippen molar-refractivity contribution in [2.45, 2.75) is 62.3 Å². The average Bonchev–Trinajstić information content (AvgIpc) is 3.36. The van der Waals surface area contributed by atoms with E-state index in [1.807, 2.05) is 0 Å². The van der Waals surface area contributed by atoms with Crippen molar-refractivity contribution >= 4 is 29.0 Å². The molecule has 0 radical (unpaired) electrons. The molecule has 3 aliphatic heterocycles. The molecule has 3 saturated heterocycles. The molecule has 1 saturated carbocycles. The van der Waals surface area contributed by atoms with E-state index < -0.39 is 17.8 Å². The predicted octanol–water partition coefficient (Wildman–Crippen LogP) is 5.09. The summed E-state index contributed by atoms with van der Waals surface area (Å²) in [6, 6.07) is 1.25. The number of hydrogen-bond acceptors (Lipinski definition) is 2. The maximum atomic E-state index is 12.9. The van der Waals surface area contributed by atoms with Crippen molar-refractivity contribution in [1.82, 2.24) is 5.32 Å². The van der Waals surface area contributed by atoms with Gasteiger partial charge in [0.15, 0.2) is 11.3 Å². The van der Waals surface area contributed by atoms with E-state index in [1.54, 1.807) is 0 Å². The Bertz CT molecular complexity index is 845. The Hall–Kier alpha value is -0.820. The van der Waals surface area contributed by atoms with Gasteiger partial charge >= 0.3 is 6.18 Å². The molecule has 3 unspecified atom stereocenters. The Morgan fingerprint density at radius 3 is 2.45 bits per heavy atom. The van der Waals surface area contributed by atoms with Crippen molar-refractivity contribution in [1.29, 1.82) is 0 Å². The van der Waals surface area contributed by atoms with Gasteiger partial charge in [-0.05, 0) is 31.4 Å². The summed E-state index contributed by atoms with van der Waals surface area (Å²) >= 11 is 12.1. The zero-order valence-electron chi connectivity index (χ0n) is 16.0. The number of fused-ring (bicyclic) bond motifs is 1. The van der Waals surface area contributed by atoms with Gasteiger partial charge in [0.2, 0.25) is 0 Å². The number of carbonyl (C=O) groups is 1. The van der Waals surface area contributed by atoms with Crippen molar-refractivity contribution < 1.29 is 22.4 Å². The number of quaternary nitrogens is 1. The fourth-order valence-corrected chi connectivity index (χ4v) is 7.08. The van der Waals surface area contributed by atoms with Gasteiger partial charge in [0.1, 0.15) is 6.54 Å². The van der Waals surface area contributed by atoms with Gasteiger partial charge < -0.3 is 9.80 Å². The molecular formula is C21H24Cl2F3N2O+. The Balaban J connectivity index is 1.28. The van der Waals surface area contributed by atoms with Gasteiger partial charge in [0.05, 0.1) is 40.3 Å². The highest BCUT2D eigenvalue weighted by Gasteiger charge is 2.74. The molecule has 5 rings (SSSR count). The van der Waals surface area contributed by atoms with Crippen molar-refractivity contribution in [3.05, 3.63) is 33.3 Å². The van der Waals surface area contributed by atoms with Crippen molar-refractivity contribution in [2.24, 2.45) is 5.92 Å². The normalized spacial score (nSPS) is 34.9. The van der Waals surface area contributed by atoms with Gasteiger partial charge in [-0.3, -0.25) is 4.79 Å². The topological polar surface area (TPSA) is 39.0 Å². The third-order valence-electron chi connectivity index (χ3n) is 7.89. The van der Waals surface area contributed by atoms with E-state index in [1.165, 1.54) is 56.2 Å². The molecule has 29 heavy (non-hydrogen) atoms. The Morgan fingerprint density at radius 1 is 1.17 bits per heavy atom. The largest absolute Gasteiger partial charge is 0.416 e. The van der Waals surface area contributed by atoms with Gasteiger partial charge in [-0.15, -0.1) is 0 Å². The summed E-state index contributed by atoms with van der Waals surface area (Å²) in [5.74, 6) is 0.320. The maximum absolute atomic E-state index is 12.9. The molecule has 3 heterocycles. The Morgan fingerprint density at radius 2 is 1.83 bits per heavy atom. The lowest BCUT2D eigenvalue weighted by Crippen LogP contribution is -2.36. The number of ketones is 1. The van der Waals surface area contributed by atoms with Crippen LogP contribution in [0.15, 0.2) is 12.1 Å². The molecular weight excluding hydrogens is 424 g/mol. The van der Waals surface area contributed by atoms with Crippen LogP contribution in [0.3, 0.4) is 0 Å². The predicted molar refractivity (Wildman–Crippen MR) is 105 cm³/mol. The van der Waals surface area contributed by atoms with Crippen molar-refractivity contribution in [3.63, 3.8) is 0 Å². The first-order valence-electron chi connectivity index (χ1n) is 10.4. The summed E-state index contributed by atoms with van der Waals surface area (Å²) in [5, 5.41) is 2.78. The molecule has 1 N–H and O–H groups in total. The summed E-state index contributed by atoms with van der Waals surface area (Å²) in [6.45, 7) is 3.89. The number of carbonyl (C=O) groups excluding carboxylic acids is 1. The van der Waals surface area contributed by atoms with Crippen LogP contribution in [0, 0.1) is 5.92 Å². The first kappa shape index (κ1) is 20.1. The van der Waals surface area contributed by atoms with E-state index in [0.29, 0.717) is 11.5 Å². The maximum Gasteiger partial charge on any atom is 0.416 e. The number of Topliss-reactive ketones (excluding diaryl/α,β-unsaturated/α-hetero) is 1. The Labute approximate surface area is 178 Å². The van der Waals surface area contributed by atoms with E-state index >= 15 is 0 Å². The van der Waals surface area contributed by atoms with Gasteiger partial charge in [0, 0.05) is 31.2 Å². The molecule has 0 aromatic heterocycles. The highest BCUT2D eigenvalue weighted by Crippen LogP contribution is 2.60. The third-order valence-corrected chi connectivity index (χ3v) is 8.48. The molecule has 0 amide bonds. The molecule has 2 spiro atoms. The van der Waals surface area contributed by atoms with E-state index in [0.717, 1.165) is 18.6 Å². The van der Waals surface area contributed by atoms with Crippen LogP contribution in [-0.2, 0) is 6.18 Å². The molecule has 158 valence electrons. The summed E-state index contributed by atoms with van der Waals surface area (Å²) in [5.41, 5.74) is -0.513. The van der Waals surface area contributed by atoms with Crippen LogP contribution in [0.2, 0.25) is 10.0 Å². The number of halogens is 5.